The van der Waals surface area contributed by atoms with Gasteiger partial charge in [-0.25, -0.2) is 9.78 Å². The van der Waals surface area contributed by atoms with Crippen molar-refractivity contribution in [3.8, 4) is 0 Å². The van der Waals surface area contributed by atoms with Crippen molar-refractivity contribution < 1.29 is 14.3 Å². The summed E-state index contributed by atoms with van der Waals surface area (Å²) >= 11 is 1.57. The lowest BCUT2D eigenvalue weighted by atomic mass is 10.00. The van der Waals surface area contributed by atoms with Crippen molar-refractivity contribution >= 4 is 17.4 Å². The van der Waals surface area contributed by atoms with E-state index in [0.29, 0.717) is 5.92 Å². The molecule has 0 bridgehead atoms. The number of hydrogen-bond acceptors (Lipinski definition) is 5. The summed E-state index contributed by atoms with van der Waals surface area (Å²) < 4.78 is 10.8. The minimum atomic E-state index is -0.489. The average molecular weight is 312 g/mol. The van der Waals surface area contributed by atoms with Crippen molar-refractivity contribution in [3.05, 3.63) is 16.1 Å². The molecule has 0 aliphatic carbocycles. The van der Waals surface area contributed by atoms with E-state index in [9.17, 15) is 4.79 Å². The molecule has 6 heteroatoms. The third-order valence-electron chi connectivity index (χ3n) is 3.22. The van der Waals surface area contributed by atoms with E-state index in [1.165, 1.54) is 0 Å². The van der Waals surface area contributed by atoms with Crippen LogP contribution in [-0.2, 0) is 9.47 Å². The van der Waals surface area contributed by atoms with Gasteiger partial charge in [0.15, 0.2) is 0 Å². The van der Waals surface area contributed by atoms with Crippen LogP contribution in [-0.4, -0.2) is 29.9 Å². The number of carbonyl (C=O) groups excluding carboxylic acids is 1. The highest BCUT2D eigenvalue weighted by Crippen LogP contribution is 2.28. The number of nitrogens with one attached hydrogen (secondary N) is 1. The number of aromatic nitrogens is 1. The second kappa shape index (κ2) is 6.75. The summed E-state index contributed by atoms with van der Waals surface area (Å²) in [4.78, 5) is 16.4. The van der Waals surface area contributed by atoms with Crippen LogP contribution in [0.2, 0.25) is 0 Å². The maximum absolute atomic E-state index is 11.8. The zero-order valence-electron chi connectivity index (χ0n) is 13.1. The van der Waals surface area contributed by atoms with Gasteiger partial charge in [0.2, 0.25) is 0 Å². The van der Waals surface area contributed by atoms with Gasteiger partial charge < -0.3 is 14.8 Å². The Kier molecular flexibility index (Phi) is 5.22. The molecule has 1 aromatic rings. The number of nitrogens with zero attached hydrogens (tertiary/aromatic N) is 1. The van der Waals surface area contributed by atoms with Crippen LogP contribution in [0.4, 0.5) is 4.79 Å². The van der Waals surface area contributed by atoms with Crippen molar-refractivity contribution in [2.24, 2.45) is 0 Å². The maximum atomic E-state index is 11.8. The predicted octanol–water partition coefficient (Wildman–Crippen LogP) is 3.62. The summed E-state index contributed by atoms with van der Waals surface area (Å²) in [6, 6.07) is -0.150. The van der Waals surface area contributed by atoms with E-state index in [2.05, 4.69) is 15.7 Å². The Balaban J connectivity index is 1.92. The smallest absolute Gasteiger partial charge is 0.408 e. The molecule has 1 aliphatic heterocycles. The van der Waals surface area contributed by atoms with Crippen LogP contribution in [0.5, 0.6) is 0 Å². The number of alkyl carbamates (subject to hydrolysis) is 1. The number of amides is 1. The number of hydrogen-bond donors (Lipinski definition) is 1. The Hall–Kier alpha value is -1.14. The molecule has 1 aliphatic rings. The van der Waals surface area contributed by atoms with Gasteiger partial charge in [0, 0.05) is 17.9 Å². The predicted molar refractivity (Wildman–Crippen MR) is 82.7 cm³/mol. The molecule has 1 amide bonds. The van der Waals surface area contributed by atoms with Crippen LogP contribution in [0.1, 0.15) is 63.2 Å². The fourth-order valence-electron chi connectivity index (χ4n) is 2.21. The van der Waals surface area contributed by atoms with E-state index in [-0.39, 0.29) is 6.04 Å². The zero-order valence-corrected chi connectivity index (χ0v) is 14.0. The summed E-state index contributed by atoms with van der Waals surface area (Å²) in [6.07, 6.45) is 1.80. The van der Waals surface area contributed by atoms with Gasteiger partial charge in [-0.15, -0.1) is 11.3 Å². The highest BCUT2D eigenvalue weighted by atomic mass is 32.1. The first-order valence-corrected chi connectivity index (χ1v) is 8.25. The van der Waals surface area contributed by atoms with Crippen LogP contribution in [0.3, 0.4) is 0 Å². The molecule has 1 fully saturated rings. The zero-order chi connectivity index (χ0) is 15.5. The first kappa shape index (κ1) is 16.2. The van der Waals surface area contributed by atoms with Gasteiger partial charge in [-0.05, 0) is 40.5 Å². The topological polar surface area (TPSA) is 60.5 Å². The first-order valence-electron chi connectivity index (χ1n) is 7.38. The van der Waals surface area contributed by atoms with Crippen LogP contribution >= 0.6 is 11.3 Å². The van der Waals surface area contributed by atoms with Crippen LogP contribution in [0.25, 0.3) is 0 Å². The average Bonchev–Trinajstić information content (AvgIpc) is 2.87. The molecule has 1 aromatic heterocycles. The van der Waals surface area contributed by atoms with E-state index in [0.717, 1.165) is 36.8 Å². The van der Waals surface area contributed by atoms with Crippen LogP contribution in [0.15, 0.2) is 5.38 Å². The largest absolute Gasteiger partial charge is 0.444 e. The quantitative estimate of drug-likeness (QED) is 0.926. The highest BCUT2D eigenvalue weighted by Gasteiger charge is 2.22. The lowest BCUT2D eigenvalue weighted by molar-refractivity contribution is 0.0507. The Morgan fingerprint density at radius 1 is 1.57 bits per heavy atom. The molecule has 21 heavy (non-hydrogen) atoms. The molecule has 0 spiro atoms. The summed E-state index contributed by atoms with van der Waals surface area (Å²) in [5.74, 6) is 0.387. The van der Waals surface area contributed by atoms with Crippen molar-refractivity contribution in [2.75, 3.05) is 13.2 Å². The maximum Gasteiger partial charge on any atom is 0.408 e. The van der Waals surface area contributed by atoms with E-state index >= 15 is 0 Å². The van der Waals surface area contributed by atoms with Crippen molar-refractivity contribution in [2.45, 2.75) is 58.1 Å². The molecule has 2 atom stereocenters. The molecule has 2 unspecified atom stereocenters. The molecule has 0 radical (unpaired) electrons. The minimum absolute atomic E-state index is 0.150. The molecule has 0 saturated carbocycles. The van der Waals surface area contributed by atoms with Crippen molar-refractivity contribution in [1.82, 2.24) is 10.3 Å². The number of ether oxygens (including phenoxy) is 2. The monoisotopic (exact) mass is 312 g/mol. The standard InChI is InChI=1S/C15H24N2O3S/c1-10(16-14(18)20-15(2,3)4)13-17-12(9-21-13)11-6-5-7-19-8-11/h9-11H,5-8H2,1-4H3,(H,16,18). The van der Waals surface area contributed by atoms with Gasteiger partial charge in [-0.1, -0.05) is 0 Å². The van der Waals surface area contributed by atoms with Gasteiger partial charge in [-0.3, -0.25) is 0 Å². The SMILES string of the molecule is CC(NC(=O)OC(C)(C)C)c1nc(C2CCCOC2)cs1. The van der Waals surface area contributed by atoms with Gasteiger partial charge >= 0.3 is 6.09 Å². The Bertz CT molecular complexity index is 476. The van der Waals surface area contributed by atoms with E-state index in [4.69, 9.17) is 9.47 Å². The number of thiazole rings is 1. The molecule has 118 valence electrons. The molecule has 2 heterocycles. The second-order valence-corrected chi connectivity index (χ2v) is 7.28. The summed E-state index contributed by atoms with van der Waals surface area (Å²) in [6.45, 7) is 9.07. The molecule has 1 N–H and O–H groups in total. The van der Waals surface area contributed by atoms with E-state index in [1.54, 1.807) is 11.3 Å². The fourth-order valence-corrected chi connectivity index (χ4v) is 3.11. The molecular weight excluding hydrogens is 288 g/mol. The normalized spacial score (nSPS) is 20.9. The minimum Gasteiger partial charge on any atom is -0.444 e. The summed E-state index contributed by atoms with van der Waals surface area (Å²) in [5.41, 5.74) is 0.588. The van der Waals surface area contributed by atoms with Gasteiger partial charge in [0.05, 0.1) is 18.3 Å². The lowest BCUT2D eigenvalue weighted by Crippen LogP contribution is -2.34. The molecular formula is C15H24N2O3S. The number of carbonyl (C=O) groups is 1. The molecule has 1 saturated heterocycles. The summed E-state index contributed by atoms with van der Waals surface area (Å²) in [5, 5.41) is 5.80. The van der Waals surface area contributed by atoms with Crippen LogP contribution < -0.4 is 5.32 Å². The molecule has 5 nitrogen and oxygen atoms in total. The lowest BCUT2D eigenvalue weighted by Gasteiger charge is -2.21. The Morgan fingerprint density at radius 3 is 2.95 bits per heavy atom. The van der Waals surface area contributed by atoms with Crippen molar-refractivity contribution in [3.63, 3.8) is 0 Å². The summed E-state index contributed by atoms with van der Waals surface area (Å²) in [7, 11) is 0. The molecule has 2 rings (SSSR count). The first-order chi connectivity index (χ1) is 9.85. The third-order valence-corrected chi connectivity index (χ3v) is 4.27. The van der Waals surface area contributed by atoms with Crippen LogP contribution in [0, 0.1) is 0 Å². The molecule has 0 aromatic carbocycles. The number of rotatable bonds is 3. The second-order valence-electron chi connectivity index (χ2n) is 6.39. The van der Waals surface area contributed by atoms with E-state index in [1.807, 2.05) is 27.7 Å². The van der Waals surface area contributed by atoms with Gasteiger partial charge in [0.1, 0.15) is 10.6 Å². The Morgan fingerprint density at radius 2 is 2.33 bits per heavy atom. The van der Waals surface area contributed by atoms with Gasteiger partial charge in [-0.2, -0.15) is 0 Å². The Labute approximate surface area is 130 Å². The van der Waals surface area contributed by atoms with Crippen molar-refractivity contribution in [1.29, 1.82) is 0 Å². The third kappa shape index (κ3) is 4.97. The highest BCUT2D eigenvalue weighted by molar-refractivity contribution is 7.09. The van der Waals surface area contributed by atoms with Gasteiger partial charge in [0.25, 0.3) is 0 Å². The van der Waals surface area contributed by atoms with E-state index < -0.39 is 11.7 Å². The fraction of sp³-hybridized carbons (Fsp3) is 0.733.